The van der Waals surface area contributed by atoms with Crippen LogP contribution in [0.2, 0.25) is 0 Å². The van der Waals surface area contributed by atoms with Gasteiger partial charge < -0.3 is 9.47 Å². The van der Waals surface area contributed by atoms with Gasteiger partial charge in [-0.1, -0.05) is 17.7 Å². The molecular weight excluding hydrogens is 360 g/mol. The van der Waals surface area contributed by atoms with Gasteiger partial charge >= 0.3 is 0 Å². The normalized spacial score (nSPS) is 15.6. The van der Waals surface area contributed by atoms with E-state index in [2.05, 4.69) is 0 Å². The van der Waals surface area contributed by atoms with E-state index in [0.29, 0.717) is 5.75 Å². The highest BCUT2D eigenvalue weighted by Crippen LogP contribution is 2.32. The van der Waals surface area contributed by atoms with Crippen LogP contribution in [0.15, 0.2) is 47.4 Å². The summed E-state index contributed by atoms with van der Waals surface area (Å²) in [7, 11) is -3.68. The maximum absolute atomic E-state index is 12.8. The fourth-order valence-electron chi connectivity index (χ4n) is 2.57. The highest BCUT2D eigenvalue weighted by atomic mass is 32.2. The topological polar surface area (TPSA) is 99.0 Å². The molecule has 9 heteroatoms. The Morgan fingerprint density at radius 1 is 1.00 bits per heavy atom. The summed E-state index contributed by atoms with van der Waals surface area (Å²) >= 11 is 0. The number of rotatable bonds is 3. The number of nitrogens with zero attached hydrogens (tertiary/aromatic N) is 2. The summed E-state index contributed by atoms with van der Waals surface area (Å²) in [6.07, 6.45) is 0. The van der Waals surface area contributed by atoms with Crippen LogP contribution in [0.1, 0.15) is 5.56 Å². The summed E-state index contributed by atoms with van der Waals surface area (Å²) in [6.45, 7) is 2.31. The number of hydrogen-bond acceptors (Lipinski definition) is 6. The fraction of sp³-hybridized carbons (Fsp3) is 0.294. The molecule has 26 heavy (non-hydrogen) atoms. The van der Waals surface area contributed by atoms with Gasteiger partial charge in [0.05, 0.1) is 15.9 Å². The molecule has 0 radical (unpaired) electrons. The maximum atomic E-state index is 12.8. The third kappa shape index (κ3) is 3.78. The second-order valence-electron chi connectivity index (χ2n) is 5.80. The molecular formula is C17H18N2O6S. The van der Waals surface area contributed by atoms with Gasteiger partial charge in [-0.3, -0.25) is 10.1 Å². The van der Waals surface area contributed by atoms with Crippen LogP contribution in [0.25, 0.3) is 0 Å². The summed E-state index contributed by atoms with van der Waals surface area (Å²) in [5, 5.41) is 10.9. The first kappa shape index (κ1) is 18.2. The summed E-state index contributed by atoms with van der Waals surface area (Å²) in [5.41, 5.74) is 0.854. The van der Waals surface area contributed by atoms with Crippen LogP contribution in [0.5, 0.6) is 11.5 Å². The minimum atomic E-state index is -3.68. The number of non-ortho nitro benzene ring substituents is 1. The predicted octanol–water partition coefficient (Wildman–Crippen LogP) is 2.37. The van der Waals surface area contributed by atoms with Crippen molar-refractivity contribution in [3.63, 3.8) is 0 Å². The highest BCUT2D eigenvalue weighted by Gasteiger charge is 2.26. The van der Waals surface area contributed by atoms with Gasteiger partial charge in [-0.25, -0.2) is 8.42 Å². The Hall–Kier alpha value is -2.65. The van der Waals surface area contributed by atoms with Gasteiger partial charge in [0, 0.05) is 19.2 Å². The molecule has 0 aliphatic carbocycles. The average Bonchev–Trinajstić information content (AvgIpc) is 2.71. The van der Waals surface area contributed by atoms with Crippen LogP contribution in [0.4, 0.5) is 5.69 Å². The lowest BCUT2D eigenvalue weighted by Crippen LogP contribution is -2.37. The molecule has 0 bridgehead atoms. The number of benzene rings is 2. The molecule has 2 aromatic rings. The monoisotopic (exact) mass is 378 g/mol. The maximum Gasteiger partial charge on any atom is 0.273 e. The van der Waals surface area contributed by atoms with Gasteiger partial charge in [0.2, 0.25) is 10.0 Å². The molecule has 0 atom stereocenters. The van der Waals surface area contributed by atoms with E-state index in [4.69, 9.17) is 9.47 Å². The van der Waals surface area contributed by atoms with E-state index < -0.39 is 14.9 Å². The van der Waals surface area contributed by atoms with Gasteiger partial charge in [0.1, 0.15) is 13.2 Å². The number of nitro benzene ring substituents is 1. The molecule has 138 valence electrons. The van der Waals surface area contributed by atoms with Crippen molar-refractivity contribution >= 4 is 15.7 Å². The fourth-order valence-corrected chi connectivity index (χ4v) is 3.98. The van der Waals surface area contributed by atoms with E-state index in [1.54, 1.807) is 24.3 Å². The largest absolute Gasteiger partial charge is 0.488 e. The predicted molar refractivity (Wildman–Crippen MR) is 94.0 cm³/mol. The Morgan fingerprint density at radius 2 is 1.62 bits per heavy atom. The van der Waals surface area contributed by atoms with Crippen molar-refractivity contribution < 1.29 is 22.8 Å². The van der Waals surface area contributed by atoms with Crippen LogP contribution in [0, 0.1) is 17.0 Å². The van der Waals surface area contributed by atoms with Gasteiger partial charge in [0.25, 0.3) is 5.69 Å². The minimum Gasteiger partial charge on any atom is -0.488 e. The van der Waals surface area contributed by atoms with Crippen LogP contribution in [-0.4, -0.2) is 43.9 Å². The summed E-state index contributed by atoms with van der Waals surface area (Å²) < 4.78 is 38.0. The lowest BCUT2D eigenvalue weighted by atomic mass is 10.2. The molecule has 0 unspecified atom stereocenters. The van der Waals surface area contributed by atoms with Crippen molar-refractivity contribution in [3.8, 4) is 11.5 Å². The van der Waals surface area contributed by atoms with Crippen LogP contribution in [-0.2, 0) is 10.0 Å². The van der Waals surface area contributed by atoms with Crippen LogP contribution >= 0.6 is 0 Å². The molecule has 0 N–H and O–H groups in total. The average molecular weight is 378 g/mol. The lowest BCUT2D eigenvalue weighted by molar-refractivity contribution is -0.385. The number of nitro groups is 1. The Kier molecular flexibility index (Phi) is 5.10. The summed E-state index contributed by atoms with van der Waals surface area (Å²) in [5.74, 6) is 0.582. The van der Waals surface area contributed by atoms with Crippen molar-refractivity contribution in [2.45, 2.75) is 11.8 Å². The van der Waals surface area contributed by atoms with Crippen molar-refractivity contribution in [2.75, 3.05) is 26.3 Å². The number of fused-ring (bicyclic) bond motifs is 1. The second kappa shape index (κ2) is 7.30. The van der Waals surface area contributed by atoms with E-state index in [1.165, 1.54) is 22.5 Å². The van der Waals surface area contributed by atoms with Gasteiger partial charge in [0.15, 0.2) is 11.5 Å². The van der Waals surface area contributed by atoms with Crippen molar-refractivity contribution in [1.82, 2.24) is 4.31 Å². The Bertz CT molecular complexity index is 911. The molecule has 1 aliphatic heterocycles. The number of hydrogen-bond donors (Lipinski definition) is 0. The molecule has 0 fully saturated rings. The Morgan fingerprint density at radius 3 is 2.23 bits per heavy atom. The van der Waals surface area contributed by atoms with E-state index in [9.17, 15) is 18.5 Å². The zero-order chi connectivity index (χ0) is 18.7. The third-order valence-corrected chi connectivity index (χ3v) is 5.91. The third-order valence-electron chi connectivity index (χ3n) is 3.99. The summed E-state index contributed by atoms with van der Waals surface area (Å²) in [4.78, 5) is 10.6. The molecule has 2 aromatic carbocycles. The zero-order valence-electron chi connectivity index (χ0n) is 14.1. The zero-order valence-corrected chi connectivity index (χ0v) is 14.9. The number of sulfonamides is 1. The van der Waals surface area contributed by atoms with E-state index >= 15 is 0 Å². The molecule has 1 aliphatic rings. The number of aryl methyl sites for hydroxylation is 1. The van der Waals surface area contributed by atoms with Crippen molar-refractivity contribution in [3.05, 3.63) is 58.1 Å². The molecule has 8 nitrogen and oxygen atoms in total. The first-order valence-corrected chi connectivity index (χ1v) is 9.43. The lowest BCUT2D eigenvalue weighted by Gasteiger charge is -2.21. The van der Waals surface area contributed by atoms with Crippen LogP contribution < -0.4 is 9.47 Å². The van der Waals surface area contributed by atoms with E-state index in [-0.39, 0.29) is 42.6 Å². The molecule has 1 heterocycles. The molecule has 0 saturated carbocycles. The molecule has 0 saturated heterocycles. The van der Waals surface area contributed by atoms with Crippen LogP contribution in [0.3, 0.4) is 0 Å². The molecule has 0 amide bonds. The highest BCUT2D eigenvalue weighted by molar-refractivity contribution is 7.89. The van der Waals surface area contributed by atoms with Gasteiger partial charge in [-0.2, -0.15) is 4.31 Å². The molecule has 0 spiro atoms. The van der Waals surface area contributed by atoms with Gasteiger partial charge in [-0.05, 0) is 25.1 Å². The smallest absolute Gasteiger partial charge is 0.273 e. The molecule has 3 rings (SSSR count). The van der Waals surface area contributed by atoms with Crippen molar-refractivity contribution in [1.29, 1.82) is 0 Å². The van der Waals surface area contributed by atoms with E-state index in [1.807, 2.05) is 6.92 Å². The van der Waals surface area contributed by atoms with E-state index in [0.717, 1.165) is 5.56 Å². The molecule has 0 aromatic heterocycles. The minimum absolute atomic E-state index is 0.0582. The Labute approximate surface area is 151 Å². The Balaban J connectivity index is 1.80. The second-order valence-corrected chi connectivity index (χ2v) is 7.74. The first-order chi connectivity index (χ1) is 12.4. The van der Waals surface area contributed by atoms with Crippen molar-refractivity contribution in [2.24, 2.45) is 0 Å². The summed E-state index contributed by atoms with van der Waals surface area (Å²) in [6, 6.07) is 10.7. The SMILES string of the molecule is Cc1ccc(S(=O)(=O)N2CCOc3ccc([N+](=O)[O-])cc3OCC2)cc1. The first-order valence-electron chi connectivity index (χ1n) is 7.99. The quantitative estimate of drug-likeness (QED) is 0.601. The number of ether oxygens (including phenoxy) is 2. The van der Waals surface area contributed by atoms with Gasteiger partial charge in [-0.15, -0.1) is 0 Å². The standard InChI is InChI=1S/C17H18N2O6S/c1-13-2-5-15(6-3-13)26(22,23)18-8-10-24-16-7-4-14(19(20)21)12-17(16)25-11-9-18/h2-7,12H,8-11H2,1H3.